The molecule has 0 aliphatic carbocycles. The van der Waals surface area contributed by atoms with E-state index in [2.05, 4.69) is 78.0 Å². The number of rotatable bonds is 8. The molecule has 26 heavy (non-hydrogen) atoms. The monoisotopic (exact) mass is 348 g/mol. The van der Waals surface area contributed by atoms with Gasteiger partial charge >= 0.3 is 0 Å². The molecular formula is C26H36. The third-order valence-corrected chi connectivity index (χ3v) is 5.55. The van der Waals surface area contributed by atoms with Gasteiger partial charge in [0, 0.05) is 0 Å². The lowest BCUT2D eigenvalue weighted by Crippen LogP contribution is -1.95. The van der Waals surface area contributed by atoms with E-state index in [1.807, 2.05) is 0 Å². The Morgan fingerprint density at radius 3 is 1.27 bits per heavy atom. The molecule has 0 unspecified atom stereocenters. The van der Waals surface area contributed by atoms with Crippen LogP contribution in [-0.2, 0) is 12.8 Å². The van der Waals surface area contributed by atoms with Crippen molar-refractivity contribution in [1.29, 1.82) is 0 Å². The van der Waals surface area contributed by atoms with E-state index in [0.29, 0.717) is 0 Å². The molecular weight excluding hydrogens is 312 g/mol. The van der Waals surface area contributed by atoms with E-state index in [1.165, 1.54) is 83.0 Å². The molecule has 0 radical (unpaired) electrons. The molecule has 0 aliphatic heterocycles. The third kappa shape index (κ3) is 5.34. The van der Waals surface area contributed by atoms with Gasteiger partial charge < -0.3 is 0 Å². The van der Waals surface area contributed by atoms with Crippen LogP contribution in [0.2, 0.25) is 0 Å². The smallest absolute Gasteiger partial charge is 0.0221 e. The minimum atomic E-state index is 1.17. The van der Waals surface area contributed by atoms with Crippen LogP contribution in [0.5, 0.6) is 0 Å². The summed E-state index contributed by atoms with van der Waals surface area (Å²) in [5.41, 5.74) is 11.3. The molecule has 0 aliphatic rings. The van der Waals surface area contributed by atoms with Gasteiger partial charge in [-0.25, -0.2) is 0 Å². The summed E-state index contributed by atoms with van der Waals surface area (Å²) in [6, 6.07) is 9.51. The fourth-order valence-electron chi connectivity index (χ4n) is 3.45. The van der Waals surface area contributed by atoms with Crippen LogP contribution in [0.4, 0.5) is 0 Å². The average molecular weight is 349 g/mol. The molecule has 0 atom stereocenters. The van der Waals surface area contributed by atoms with Gasteiger partial charge in [0.05, 0.1) is 0 Å². The van der Waals surface area contributed by atoms with Crippen LogP contribution in [0.25, 0.3) is 12.2 Å². The van der Waals surface area contributed by atoms with Crippen LogP contribution in [0.3, 0.4) is 0 Å². The Balaban J connectivity index is 2.39. The molecule has 0 aromatic heterocycles. The Morgan fingerprint density at radius 1 is 0.577 bits per heavy atom. The number of benzene rings is 2. The molecule has 0 heteroatoms. The topological polar surface area (TPSA) is 0 Å². The van der Waals surface area contributed by atoms with Gasteiger partial charge in [-0.1, -0.05) is 63.1 Å². The van der Waals surface area contributed by atoms with Gasteiger partial charge in [-0.2, -0.15) is 0 Å². The van der Waals surface area contributed by atoms with Crippen molar-refractivity contribution in [3.8, 4) is 0 Å². The lowest BCUT2D eigenvalue weighted by atomic mass is 9.93. The quantitative estimate of drug-likeness (QED) is 0.427. The number of unbranched alkanes of at least 4 members (excludes halogenated alkanes) is 2. The first kappa shape index (κ1) is 20.5. The lowest BCUT2D eigenvalue weighted by molar-refractivity contribution is 0.792. The molecule has 0 nitrogen and oxygen atoms in total. The second kappa shape index (κ2) is 9.76. The maximum absolute atomic E-state index is 2.39. The van der Waals surface area contributed by atoms with Crippen LogP contribution in [0, 0.1) is 27.7 Å². The Kier molecular flexibility index (Phi) is 7.69. The number of hydrogen-bond donors (Lipinski definition) is 0. The standard InChI is InChI=1S/C26H36/c1-7-9-11-23-15-19(3)21(5)17-25(23)13-14-26-18-22(6)20(4)16-24(26)12-10-8-2/h13-18H,7-12H2,1-6H3. The second-order valence-corrected chi connectivity index (χ2v) is 7.81. The summed E-state index contributed by atoms with van der Waals surface area (Å²) in [6.45, 7) is 13.4. The highest BCUT2D eigenvalue weighted by molar-refractivity contribution is 5.73. The number of hydrogen-bond acceptors (Lipinski definition) is 0. The van der Waals surface area contributed by atoms with Crippen molar-refractivity contribution >= 4 is 12.2 Å². The molecule has 0 N–H and O–H groups in total. The van der Waals surface area contributed by atoms with Crippen molar-refractivity contribution in [2.24, 2.45) is 0 Å². The zero-order chi connectivity index (χ0) is 19.1. The Morgan fingerprint density at radius 2 is 0.923 bits per heavy atom. The Bertz CT molecular complexity index is 697. The Labute approximate surface area is 161 Å². The molecule has 0 amide bonds. The summed E-state index contributed by atoms with van der Waals surface area (Å²) in [4.78, 5) is 0. The van der Waals surface area contributed by atoms with Gasteiger partial charge in [-0.15, -0.1) is 0 Å². The highest BCUT2D eigenvalue weighted by Gasteiger charge is 2.06. The van der Waals surface area contributed by atoms with Crippen LogP contribution in [0.1, 0.15) is 84.0 Å². The predicted octanol–water partition coefficient (Wildman–Crippen LogP) is 7.78. The molecule has 0 spiro atoms. The molecule has 0 saturated carbocycles. The van der Waals surface area contributed by atoms with Crippen LogP contribution < -0.4 is 0 Å². The van der Waals surface area contributed by atoms with Gasteiger partial charge in [-0.05, 0) is 97.9 Å². The second-order valence-electron chi connectivity index (χ2n) is 7.81. The van der Waals surface area contributed by atoms with Gasteiger partial charge in [0.2, 0.25) is 0 Å². The van der Waals surface area contributed by atoms with E-state index in [1.54, 1.807) is 0 Å². The minimum absolute atomic E-state index is 1.17. The lowest BCUT2D eigenvalue weighted by Gasteiger charge is -2.12. The molecule has 0 heterocycles. The van der Waals surface area contributed by atoms with Crippen molar-refractivity contribution in [1.82, 2.24) is 0 Å². The van der Waals surface area contributed by atoms with Gasteiger partial charge in [0.25, 0.3) is 0 Å². The summed E-state index contributed by atoms with van der Waals surface area (Å²) < 4.78 is 0. The summed E-state index contributed by atoms with van der Waals surface area (Å²) in [6.07, 6.45) is 12.0. The van der Waals surface area contributed by atoms with Crippen molar-refractivity contribution in [2.75, 3.05) is 0 Å². The fourth-order valence-corrected chi connectivity index (χ4v) is 3.45. The van der Waals surface area contributed by atoms with Crippen molar-refractivity contribution in [3.63, 3.8) is 0 Å². The highest BCUT2D eigenvalue weighted by Crippen LogP contribution is 2.24. The van der Waals surface area contributed by atoms with E-state index >= 15 is 0 Å². The average Bonchev–Trinajstić information content (AvgIpc) is 2.62. The zero-order valence-corrected chi connectivity index (χ0v) is 17.7. The summed E-state index contributed by atoms with van der Waals surface area (Å²) >= 11 is 0. The first-order valence-electron chi connectivity index (χ1n) is 10.3. The van der Waals surface area contributed by atoms with E-state index in [9.17, 15) is 0 Å². The summed E-state index contributed by atoms with van der Waals surface area (Å²) in [5.74, 6) is 0. The molecule has 2 aromatic rings. The van der Waals surface area contributed by atoms with Gasteiger partial charge in [0.15, 0.2) is 0 Å². The molecule has 2 aromatic carbocycles. The molecule has 0 saturated heterocycles. The predicted molar refractivity (Wildman–Crippen MR) is 118 cm³/mol. The van der Waals surface area contributed by atoms with Crippen LogP contribution >= 0.6 is 0 Å². The summed E-state index contributed by atoms with van der Waals surface area (Å²) in [7, 11) is 0. The molecule has 2 rings (SSSR count). The largest absolute Gasteiger partial charge is 0.0654 e. The maximum Gasteiger partial charge on any atom is -0.0221 e. The normalized spacial score (nSPS) is 11.5. The number of aryl methyl sites for hydroxylation is 6. The highest BCUT2D eigenvalue weighted by atomic mass is 14.1. The first-order valence-corrected chi connectivity index (χ1v) is 10.3. The van der Waals surface area contributed by atoms with E-state index in [0.717, 1.165) is 0 Å². The van der Waals surface area contributed by atoms with Crippen LogP contribution in [0.15, 0.2) is 24.3 Å². The van der Waals surface area contributed by atoms with Gasteiger partial charge in [0.1, 0.15) is 0 Å². The maximum atomic E-state index is 2.39. The van der Waals surface area contributed by atoms with E-state index < -0.39 is 0 Å². The molecule has 0 bridgehead atoms. The van der Waals surface area contributed by atoms with Crippen molar-refractivity contribution in [3.05, 3.63) is 68.8 Å². The SMILES string of the molecule is CCCCc1cc(C)c(C)cc1C=Cc1cc(C)c(C)cc1CCCC. The zero-order valence-electron chi connectivity index (χ0n) is 17.7. The fraction of sp³-hybridized carbons (Fsp3) is 0.462. The third-order valence-electron chi connectivity index (χ3n) is 5.55. The van der Waals surface area contributed by atoms with Gasteiger partial charge in [-0.3, -0.25) is 0 Å². The van der Waals surface area contributed by atoms with Crippen molar-refractivity contribution in [2.45, 2.75) is 80.1 Å². The minimum Gasteiger partial charge on any atom is -0.0654 e. The van der Waals surface area contributed by atoms with Crippen molar-refractivity contribution < 1.29 is 0 Å². The Hall–Kier alpha value is -1.82. The first-order chi connectivity index (χ1) is 12.5. The van der Waals surface area contributed by atoms with Crippen LogP contribution in [-0.4, -0.2) is 0 Å². The molecule has 140 valence electrons. The van der Waals surface area contributed by atoms with E-state index in [-0.39, 0.29) is 0 Å². The van der Waals surface area contributed by atoms with E-state index in [4.69, 9.17) is 0 Å². The summed E-state index contributed by atoms with van der Waals surface area (Å²) in [5, 5.41) is 0. The molecule has 0 fully saturated rings.